The Hall–Kier alpha value is -1.70. The SMILES string of the molecule is O=C(c1c(F)cccc1F)N(CC(F)(F)F)C1CCOCC1. The van der Waals surface area contributed by atoms with Crippen molar-refractivity contribution in [2.75, 3.05) is 19.8 Å². The molecule has 1 aromatic carbocycles. The Morgan fingerprint density at radius 1 is 1.18 bits per heavy atom. The summed E-state index contributed by atoms with van der Waals surface area (Å²) in [6, 6.07) is 1.96. The fraction of sp³-hybridized carbons (Fsp3) is 0.500. The van der Waals surface area contributed by atoms with E-state index in [0.717, 1.165) is 18.2 Å². The predicted octanol–water partition coefficient (Wildman–Crippen LogP) is 3.15. The Bertz CT molecular complexity index is 520. The van der Waals surface area contributed by atoms with Crippen LogP contribution < -0.4 is 0 Å². The number of hydrogen-bond donors (Lipinski definition) is 0. The first-order valence-electron chi connectivity index (χ1n) is 6.69. The normalized spacial score (nSPS) is 16.6. The van der Waals surface area contributed by atoms with Crippen molar-refractivity contribution in [1.29, 1.82) is 0 Å². The van der Waals surface area contributed by atoms with E-state index in [4.69, 9.17) is 4.74 Å². The molecule has 22 heavy (non-hydrogen) atoms. The van der Waals surface area contributed by atoms with Crippen LogP contribution in [0.25, 0.3) is 0 Å². The molecule has 0 bridgehead atoms. The molecule has 0 spiro atoms. The van der Waals surface area contributed by atoms with E-state index in [9.17, 15) is 26.7 Å². The van der Waals surface area contributed by atoms with Crippen molar-refractivity contribution in [2.45, 2.75) is 25.1 Å². The number of rotatable bonds is 3. The molecule has 3 nitrogen and oxygen atoms in total. The number of benzene rings is 1. The molecular formula is C14H14F5NO2. The van der Waals surface area contributed by atoms with E-state index in [-0.39, 0.29) is 26.1 Å². The van der Waals surface area contributed by atoms with Crippen LogP contribution in [0.4, 0.5) is 22.0 Å². The number of hydrogen-bond acceptors (Lipinski definition) is 2. The van der Waals surface area contributed by atoms with Gasteiger partial charge in [-0.05, 0) is 25.0 Å². The van der Waals surface area contributed by atoms with Crippen LogP contribution in [0.5, 0.6) is 0 Å². The van der Waals surface area contributed by atoms with Crippen molar-refractivity contribution in [3.63, 3.8) is 0 Å². The van der Waals surface area contributed by atoms with Crippen molar-refractivity contribution >= 4 is 5.91 Å². The average molecular weight is 323 g/mol. The lowest BCUT2D eigenvalue weighted by Gasteiger charge is -2.35. The first kappa shape index (κ1) is 16.7. The van der Waals surface area contributed by atoms with E-state index in [2.05, 4.69) is 0 Å². The first-order valence-corrected chi connectivity index (χ1v) is 6.69. The molecule has 1 amide bonds. The Balaban J connectivity index is 2.33. The second-order valence-electron chi connectivity index (χ2n) is 4.99. The molecular weight excluding hydrogens is 309 g/mol. The lowest BCUT2D eigenvalue weighted by molar-refractivity contribution is -0.147. The third-order valence-electron chi connectivity index (χ3n) is 3.42. The summed E-state index contributed by atoms with van der Waals surface area (Å²) in [6.45, 7) is -1.15. The van der Waals surface area contributed by atoms with E-state index in [1.807, 2.05) is 0 Å². The zero-order valence-corrected chi connectivity index (χ0v) is 11.5. The summed E-state index contributed by atoms with van der Waals surface area (Å²) < 4.78 is 70.6. The van der Waals surface area contributed by atoms with E-state index in [1.165, 1.54) is 0 Å². The fourth-order valence-corrected chi connectivity index (χ4v) is 2.40. The zero-order valence-electron chi connectivity index (χ0n) is 11.5. The van der Waals surface area contributed by atoms with Gasteiger partial charge in [0.2, 0.25) is 0 Å². The number of nitrogens with zero attached hydrogens (tertiary/aromatic N) is 1. The van der Waals surface area contributed by atoms with Crippen molar-refractivity contribution in [3.05, 3.63) is 35.4 Å². The van der Waals surface area contributed by atoms with E-state index < -0.39 is 41.9 Å². The Morgan fingerprint density at radius 3 is 2.23 bits per heavy atom. The van der Waals surface area contributed by atoms with Crippen molar-refractivity contribution in [1.82, 2.24) is 4.90 Å². The van der Waals surface area contributed by atoms with Gasteiger partial charge >= 0.3 is 6.18 Å². The molecule has 1 aliphatic rings. The number of halogens is 5. The Kier molecular flexibility index (Phi) is 5.00. The molecule has 8 heteroatoms. The van der Waals surface area contributed by atoms with Gasteiger partial charge in [0.25, 0.3) is 5.91 Å². The van der Waals surface area contributed by atoms with Gasteiger partial charge in [-0.2, -0.15) is 13.2 Å². The summed E-state index contributed by atoms with van der Waals surface area (Å²) in [5, 5.41) is 0. The number of alkyl halides is 3. The molecule has 0 radical (unpaired) electrons. The number of carbonyl (C=O) groups excluding carboxylic acids is 1. The molecule has 0 atom stereocenters. The van der Waals surface area contributed by atoms with Gasteiger partial charge in [-0.1, -0.05) is 6.07 Å². The van der Waals surface area contributed by atoms with Crippen LogP contribution in [0.2, 0.25) is 0 Å². The predicted molar refractivity (Wildman–Crippen MR) is 67.3 cm³/mol. The molecule has 1 aliphatic heterocycles. The summed E-state index contributed by atoms with van der Waals surface area (Å²) >= 11 is 0. The second kappa shape index (κ2) is 6.60. The molecule has 1 fully saturated rings. The molecule has 0 unspecified atom stereocenters. The standard InChI is InChI=1S/C14H14F5NO2/c15-10-2-1-3-11(16)12(10)13(21)20(8-14(17,18)19)9-4-6-22-7-5-9/h1-3,9H,4-8H2. The van der Waals surface area contributed by atoms with Gasteiger partial charge < -0.3 is 9.64 Å². The third kappa shape index (κ3) is 3.94. The van der Waals surface area contributed by atoms with Crippen LogP contribution in [0.15, 0.2) is 18.2 Å². The van der Waals surface area contributed by atoms with Crippen molar-refractivity contribution in [2.24, 2.45) is 0 Å². The number of ether oxygens (including phenoxy) is 1. The molecule has 0 N–H and O–H groups in total. The first-order chi connectivity index (χ1) is 10.3. The topological polar surface area (TPSA) is 29.5 Å². The third-order valence-corrected chi connectivity index (χ3v) is 3.42. The van der Waals surface area contributed by atoms with Crippen LogP contribution in [0, 0.1) is 11.6 Å². The van der Waals surface area contributed by atoms with Crippen LogP contribution >= 0.6 is 0 Å². The van der Waals surface area contributed by atoms with Gasteiger partial charge in [0.15, 0.2) is 0 Å². The summed E-state index contributed by atoms with van der Waals surface area (Å²) in [4.78, 5) is 12.8. The maximum atomic E-state index is 13.7. The van der Waals surface area contributed by atoms with Gasteiger partial charge in [0.1, 0.15) is 23.7 Å². The van der Waals surface area contributed by atoms with E-state index in [1.54, 1.807) is 0 Å². The maximum absolute atomic E-state index is 13.7. The zero-order chi connectivity index (χ0) is 16.3. The molecule has 2 rings (SSSR count). The molecule has 1 aromatic rings. The summed E-state index contributed by atoms with van der Waals surface area (Å²) in [5.74, 6) is -3.65. The largest absolute Gasteiger partial charge is 0.406 e. The van der Waals surface area contributed by atoms with Gasteiger partial charge in [0.05, 0.1) is 0 Å². The second-order valence-corrected chi connectivity index (χ2v) is 4.99. The Labute approximate surface area is 123 Å². The van der Waals surface area contributed by atoms with E-state index >= 15 is 0 Å². The molecule has 122 valence electrons. The minimum atomic E-state index is -4.66. The molecule has 0 aliphatic carbocycles. The number of carbonyl (C=O) groups is 1. The smallest absolute Gasteiger partial charge is 0.381 e. The van der Waals surface area contributed by atoms with Crippen LogP contribution in [-0.2, 0) is 4.74 Å². The average Bonchev–Trinajstić information content (AvgIpc) is 2.44. The molecule has 1 saturated heterocycles. The minimum absolute atomic E-state index is 0.192. The highest BCUT2D eigenvalue weighted by molar-refractivity contribution is 5.95. The van der Waals surface area contributed by atoms with Gasteiger partial charge in [-0.3, -0.25) is 4.79 Å². The highest BCUT2D eigenvalue weighted by Crippen LogP contribution is 2.25. The maximum Gasteiger partial charge on any atom is 0.406 e. The van der Waals surface area contributed by atoms with Crippen molar-refractivity contribution < 1.29 is 31.5 Å². The highest BCUT2D eigenvalue weighted by Gasteiger charge is 2.38. The monoisotopic (exact) mass is 323 g/mol. The number of amides is 1. The van der Waals surface area contributed by atoms with Gasteiger partial charge in [0, 0.05) is 19.3 Å². The van der Waals surface area contributed by atoms with E-state index in [0.29, 0.717) is 4.90 Å². The van der Waals surface area contributed by atoms with Crippen LogP contribution in [-0.4, -0.2) is 42.8 Å². The molecule has 1 heterocycles. The van der Waals surface area contributed by atoms with Crippen molar-refractivity contribution in [3.8, 4) is 0 Å². The lowest BCUT2D eigenvalue weighted by Crippen LogP contribution is -2.48. The quantitative estimate of drug-likeness (QED) is 0.800. The molecule has 0 saturated carbocycles. The summed E-state index contributed by atoms with van der Waals surface area (Å²) in [6.07, 6.45) is -4.27. The summed E-state index contributed by atoms with van der Waals surface area (Å²) in [7, 11) is 0. The minimum Gasteiger partial charge on any atom is -0.381 e. The lowest BCUT2D eigenvalue weighted by atomic mass is 10.0. The van der Waals surface area contributed by atoms with Gasteiger partial charge in [-0.25, -0.2) is 8.78 Å². The molecule has 0 aromatic heterocycles. The fourth-order valence-electron chi connectivity index (χ4n) is 2.40. The summed E-state index contributed by atoms with van der Waals surface area (Å²) in [5.41, 5.74) is -0.960. The Morgan fingerprint density at radius 2 is 1.73 bits per heavy atom. The van der Waals surface area contributed by atoms with Crippen LogP contribution in [0.3, 0.4) is 0 Å². The van der Waals surface area contributed by atoms with Crippen LogP contribution in [0.1, 0.15) is 23.2 Å². The highest BCUT2D eigenvalue weighted by atomic mass is 19.4. The van der Waals surface area contributed by atoms with Gasteiger partial charge in [-0.15, -0.1) is 0 Å².